The zero-order chi connectivity index (χ0) is 13.5. The molecule has 0 radical (unpaired) electrons. The van der Waals surface area contributed by atoms with Crippen molar-refractivity contribution in [2.24, 2.45) is 0 Å². The van der Waals surface area contributed by atoms with Crippen molar-refractivity contribution in [2.75, 3.05) is 12.8 Å². The Hall–Kier alpha value is -1.25. The van der Waals surface area contributed by atoms with Gasteiger partial charge in [0.05, 0.1) is 0 Å². The van der Waals surface area contributed by atoms with Crippen molar-refractivity contribution in [3.63, 3.8) is 0 Å². The van der Waals surface area contributed by atoms with E-state index in [2.05, 4.69) is 73.1 Å². The Kier molecular flexibility index (Phi) is 5.49. The van der Waals surface area contributed by atoms with E-state index in [-0.39, 0.29) is 0 Å². The highest BCUT2D eigenvalue weighted by atomic mass is 32.2. The summed E-state index contributed by atoms with van der Waals surface area (Å²) in [6.45, 7) is 3.23. The van der Waals surface area contributed by atoms with Gasteiger partial charge in [-0.2, -0.15) is 0 Å². The molecule has 19 heavy (non-hydrogen) atoms. The van der Waals surface area contributed by atoms with Crippen LogP contribution in [-0.2, 0) is 6.42 Å². The molecule has 100 valence electrons. The molecule has 1 nitrogen and oxygen atoms in total. The van der Waals surface area contributed by atoms with Gasteiger partial charge in [0.2, 0.25) is 0 Å². The minimum Gasteiger partial charge on any atom is -0.310 e. The van der Waals surface area contributed by atoms with E-state index in [1.54, 1.807) is 11.8 Å². The van der Waals surface area contributed by atoms with Crippen LogP contribution in [0.3, 0.4) is 0 Å². The summed E-state index contributed by atoms with van der Waals surface area (Å²) in [4.78, 5) is 1.32. The summed E-state index contributed by atoms with van der Waals surface area (Å²) in [5.41, 5.74) is 2.74. The summed E-state index contributed by atoms with van der Waals surface area (Å²) in [6, 6.07) is 19.8. The molecule has 0 aliphatic heterocycles. The molecule has 0 aromatic heterocycles. The number of nitrogens with one attached hydrogen (secondary N) is 1. The van der Waals surface area contributed by atoms with E-state index >= 15 is 0 Å². The zero-order valence-corrected chi connectivity index (χ0v) is 12.4. The van der Waals surface area contributed by atoms with Crippen molar-refractivity contribution in [3.05, 3.63) is 65.7 Å². The number of thioether (sulfide) groups is 1. The summed E-state index contributed by atoms with van der Waals surface area (Å²) >= 11 is 1.78. The highest BCUT2D eigenvalue weighted by Crippen LogP contribution is 2.18. The maximum absolute atomic E-state index is 3.58. The highest BCUT2D eigenvalue weighted by molar-refractivity contribution is 7.98. The lowest BCUT2D eigenvalue weighted by Gasteiger charge is -2.14. The molecule has 0 bridgehead atoms. The minimum absolute atomic E-state index is 0.402. The molecule has 1 unspecified atom stereocenters. The SMILES string of the molecule is CSc1ccc(C(C)NCCc2ccccc2)cc1. The van der Waals surface area contributed by atoms with E-state index < -0.39 is 0 Å². The van der Waals surface area contributed by atoms with E-state index in [1.807, 2.05) is 0 Å². The normalized spacial score (nSPS) is 12.3. The predicted molar refractivity (Wildman–Crippen MR) is 84.8 cm³/mol. The Morgan fingerprint density at radius 2 is 1.68 bits per heavy atom. The Bertz CT molecular complexity index is 478. The van der Waals surface area contributed by atoms with Crippen LogP contribution < -0.4 is 5.32 Å². The molecule has 2 aromatic rings. The van der Waals surface area contributed by atoms with Crippen LogP contribution in [0.25, 0.3) is 0 Å². The first-order valence-corrected chi connectivity index (χ1v) is 7.93. The van der Waals surface area contributed by atoms with Crippen LogP contribution in [0.5, 0.6) is 0 Å². The van der Waals surface area contributed by atoms with Gasteiger partial charge in [0.15, 0.2) is 0 Å². The number of benzene rings is 2. The third-order valence-electron chi connectivity index (χ3n) is 3.32. The molecule has 1 atom stereocenters. The highest BCUT2D eigenvalue weighted by Gasteiger charge is 2.04. The lowest BCUT2D eigenvalue weighted by atomic mass is 10.1. The maximum atomic E-state index is 3.58. The fourth-order valence-electron chi connectivity index (χ4n) is 2.09. The van der Waals surface area contributed by atoms with Crippen molar-refractivity contribution in [1.82, 2.24) is 5.32 Å². The smallest absolute Gasteiger partial charge is 0.0291 e. The molecule has 0 heterocycles. The molecule has 2 heteroatoms. The van der Waals surface area contributed by atoms with Gasteiger partial charge in [-0.05, 0) is 49.4 Å². The monoisotopic (exact) mass is 271 g/mol. The maximum Gasteiger partial charge on any atom is 0.0291 e. The van der Waals surface area contributed by atoms with Gasteiger partial charge in [-0.1, -0.05) is 42.5 Å². The topological polar surface area (TPSA) is 12.0 Å². The molecule has 0 saturated heterocycles. The van der Waals surface area contributed by atoms with Crippen molar-refractivity contribution < 1.29 is 0 Å². The fourth-order valence-corrected chi connectivity index (χ4v) is 2.50. The summed E-state index contributed by atoms with van der Waals surface area (Å²) in [5, 5.41) is 3.58. The molecule has 2 rings (SSSR count). The molecule has 0 amide bonds. The minimum atomic E-state index is 0.402. The average Bonchev–Trinajstić information content (AvgIpc) is 2.48. The quantitative estimate of drug-likeness (QED) is 0.786. The molecule has 1 N–H and O–H groups in total. The van der Waals surface area contributed by atoms with Gasteiger partial charge in [0.25, 0.3) is 0 Å². The third kappa shape index (κ3) is 4.41. The van der Waals surface area contributed by atoms with Crippen LogP contribution in [-0.4, -0.2) is 12.8 Å². The molecule has 0 aliphatic rings. The first kappa shape index (κ1) is 14.2. The van der Waals surface area contributed by atoms with E-state index in [1.165, 1.54) is 16.0 Å². The van der Waals surface area contributed by atoms with Crippen LogP contribution in [0.15, 0.2) is 59.5 Å². The standard InChI is InChI=1S/C17H21NS/c1-14(16-8-10-17(19-2)11-9-16)18-13-12-15-6-4-3-5-7-15/h3-11,14,18H,12-13H2,1-2H3. The largest absolute Gasteiger partial charge is 0.310 e. The van der Waals surface area contributed by atoms with Crippen molar-refractivity contribution >= 4 is 11.8 Å². The van der Waals surface area contributed by atoms with Gasteiger partial charge in [0.1, 0.15) is 0 Å². The molecule has 2 aromatic carbocycles. The van der Waals surface area contributed by atoms with Gasteiger partial charge >= 0.3 is 0 Å². The Labute approximate surface area is 120 Å². The lowest BCUT2D eigenvalue weighted by Crippen LogP contribution is -2.21. The van der Waals surface area contributed by atoms with Crippen LogP contribution in [0.2, 0.25) is 0 Å². The second-order valence-corrected chi connectivity index (χ2v) is 5.56. The van der Waals surface area contributed by atoms with Crippen LogP contribution in [0, 0.1) is 0 Å². The summed E-state index contributed by atoms with van der Waals surface area (Å²) in [5.74, 6) is 0. The van der Waals surface area contributed by atoms with Crippen LogP contribution in [0.4, 0.5) is 0 Å². The van der Waals surface area contributed by atoms with E-state index in [0.29, 0.717) is 6.04 Å². The second-order valence-electron chi connectivity index (χ2n) is 4.68. The molecular formula is C17H21NS. The third-order valence-corrected chi connectivity index (χ3v) is 4.07. The molecule has 0 saturated carbocycles. The number of hydrogen-bond donors (Lipinski definition) is 1. The van der Waals surface area contributed by atoms with Crippen LogP contribution >= 0.6 is 11.8 Å². The van der Waals surface area contributed by atoms with Gasteiger partial charge in [-0.3, -0.25) is 0 Å². The summed E-state index contributed by atoms with van der Waals surface area (Å²) < 4.78 is 0. The summed E-state index contributed by atoms with van der Waals surface area (Å²) in [6.07, 6.45) is 3.19. The molecule has 0 fully saturated rings. The molecule has 0 aliphatic carbocycles. The van der Waals surface area contributed by atoms with Crippen LogP contribution in [0.1, 0.15) is 24.1 Å². The number of hydrogen-bond acceptors (Lipinski definition) is 2. The Morgan fingerprint density at radius 3 is 2.32 bits per heavy atom. The average molecular weight is 271 g/mol. The van der Waals surface area contributed by atoms with Gasteiger partial charge in [0, 0.05) is 10.9 Å². The Balaban J connectivity index is 1.82. The van der Waals surface area contributed by atoms with Crippen molar-refractivity contribution in [2.45, 2.75) is 24.3 Å². The lowest BCUT2D eigenvalue weighted by molar-refractivity contribution is 0.576. The van der Waals surface area contributed by atoms with Gasteiger partial charge < -0.3 is 5.32 Å². The summed E-state index contributed by atoms with van der Waals surface area (Å²) in [7, 11) is 0. The van der Waals surface area contributed by atoms with E-state index in [0.717, 1.165) is 13.0 Å². The van der Waals surface area contributed by atoms with Gasteiger partial charge in [-0.25, -0.2) is 0 Å². The van der Waals surface area contributed by atoms with Crippen molar-refractivity contribution in [3.8, 4) is 0 Å². The number of rotatable bonds is 6. The van der Waals surface area contributed by atoms with Gasteiger partial charge in [-0.15, -0.1) is 11.8 Å². The first-order chi connectivity index (χ1) is 9.29. The molecule has 0 spiro atoms. The molecular weight excluding hydrogens is 250 g/mol. The first-order valence-electron chi connectivity index (χ1n) is 6.71. The van der Waals surface area contributed by atoms with E-state index in [4.69, 9.17) is 0 Å². The van der Waals surface area contributed by atoms with Crippen molar-refractivity contribution in [1.29, 1.82) is 0 Å². The predicted octanol–water partition coefficient (Wildman–Crippen LogP) is 4.30. The fraction of sp³-hybridized carbons (Fsp3) is 0.294. The Morgan fingerprint density at radius 1 is 1.00 bits per heavy atom. The second kappa shape index (κ2) is 7.37. The zero-order valence-electron chi connectivity index (χ0n) is 11.6. The van der Waals surface area contributed by atoms with E-state index in [9.17, 15) is 0 Å².